The number of nitrogens with zero attached hydrogens (tertiary/aromatic N) is 1. The normalized spacial score (nSPS) is 13.5. The van der Waals surface area contributed by atoms with Crippen molar-refractivity contribution in [2.75, 3.05) is 5.75 Å². The smallest absolute Gasteiger partial charge is 0.189 e. The first-order valence-corrected chi connectivity index (χ1v) is 6.68. The largest absolute Gasteiger partial charge is 0.223 e. The molecule has 6 heteroatoms. The van der Waals surface area contributed by atoms with Gasteiger partial charge in [-0.15, -0.1) is 11.3 Å². The maximum atomic E-state index is 11.6. The zero-order chi connectivity index (χ0) is 10.8. The second-order valence-corrected chi connectivity index (χ2v) is 6.85. The number of halogens is 1. The molecule has 1 atom stereocenters. The van der Waals surface area contributed by atoms with Crippen LogP contribution in [0.15, 0.2) is 16.3 Å². The summed E-state index contributed by atoms with van der Waals surface area (Å²) in [5, 5.41) is 8.51. The Morgan fingerprint density at radius 3 is 2.71 bits per heavy atom. The molecule has 0 spiro atoms. The van der Waals surface area contributed by atoms with E-state index in [0.717, 1.165) is 11.3 Å². The van der Waals surface area contributed by atoms with Gasteiger partial charge in [0, 0.05) is 0 Å². The van der Waals surface area contributed by atoms with Crippen LogP contribution in [0, 0.1) is 17.2 Å². The van der Waals surface area contributed by atoms with Crippen LogP contribution in [0.2, 0.25) is 4.34 Å². The molecule has 1 rings (SSSR count). The van der Waals surface area contributed by atoms with E-state index in [2.05, 4.69) is 0 Å². The summed E-state index contributed by atoms with van der Waals surface area (Å²) in [4.78, 5) is 0. The summed E-state index contributed by atoms with van der Waals surface area (Å²) in [6.07, 6.45) is 0. The van der Waals surface area contributed by atoms with Crippen LogP contribution in [0.5, 0.6) is 0 Å². The third-order valence-corrected chi connectivity index (χ3v) is 5.27. The van der Waals surface area contributed by atoms with Gasteiger partial charge in [-0.3, -0.25) is 0 Å². The molecule has 14 heavy (non-hydrogen) atoms. The highest BCUT2D eigenvalue weighted by atomic mass is 35.5. The van der Waals surface area contributed by atoms with Crippen LogP contribution in [-0.2, 0) is 9.84 Å². The van der Waals surface area contributed by atoms with Crippen molar-refractivity contribution >= 4 is 32.8 Å². The maximum absolute atomic E-state index is 11.6. The number of hydrogen-bond donors (Lipinski definition) is 0. The van der Waals surface area contributed by atoms with E-state index in [0.29, 0.717) is 4.34 Å². The fraction of sp³-hybridized carbons (Fsp3) is 0.375. The number of rotatable bonds is 3. The lowest BCUT2D eigenvalue weighted by Crippen LogP contribution is -2.11. The summed E-state index contributed by atoms with van der Waals surface area (Å²) in [5.41, 5.74) is 0. The minimum absolute atomic E-state index is 0.152. The number of hydrogen-bond acceptors (Lipinski definition) is 4. The third kappa shape index (κ3) is 2.71. The molecule has 76 valence electrons. The maximum Gasteiger partial charge on any atom is 0.189 e. The molecule has 0 saturated heterocycles. The van der Waals surface area contributed by atoms with Gasteiger partial charge in [0.1, 0.15) is 4.21 Å². The van der Waals surface area contributed by atoms with E-state index < -0.39 is 15.8 Å². The topological polar surface area (TPSA) is 57.9 Å². The Morgan fingerprint density at radius 1 is 1.64 bits per heavy atom. The lowest BCUT2D eigenvalue weighted by atomic mass is 10.3. The van der Waals surface area contributed by atoms with Gasteiger partial charge in [0.15, 0.2) is 9.84 Å². The highest BCUT2D eigenvalue weighted by Gasteiger charge is 2.19. The predicted octanol–water partition coefficient (Wildman–Crippen LogP) is 2.33. The molecule has 1 aromatic heterocycles. The van der Waals surface area contributed by atoms with Crippen molar-refractivity contribution in [1.82, 2.24) is 0 Å². The molecule has 0 aromatic carbocycles. The molecule has 1 heterocycles. The molecular formula is C8H8ClNO2S2. The second kappa shape index (κ2) is 4.30. The van der Waals surface area contributed by atoms with Crippen LogP contribution < -0.4 is 0 Å². The summed E-state index contributed by atoms with van der Waals surface area (Å²) >= 11 is 6.64. The minimum Gasteiger partial charge on any atom is -0.223 e. The fourth-order valence-corrected chi connectivity index (χ4v) is 3.98. The van der Waals surface area contributed by atoms with Gasteiger partial charge in [-0.25, -0.2) is 8.42 Å². The van der Waals surface area contributed by atoms with Gasteiger partial charge >= 0.3 is 0 Å². The van der Waals surface area contributed by atoms with E-state index in [4.69, 9.17) is 16.9 Å². The molecule has 0 amide bonds. The molecule has 0 fully saturated rings. The average molecular weight is 250 g/mol. The Morgan fingerprint density at radius 2 is 2.29 bits per heavy atom. The van der Waals surface area contributed by atoms with E-state index in [1.54, 1.807) is 6.92 Å². The lowest BCUT2D eigenvalue weighted by molar-refractivity contribution is 0.591. The molecule has 0 N–H and O–H groups in total. The SMILES string of the molecule is CC(C#N)CS(=O)(=O)c1ccc(Cl)s1. The fourth-order valence-electron chi connectivity index (χ4n) is 0.913. The quantitative estimate of drug-likeness (QED) is 0.826. The van der Waals surface area contributed by atoms with Crippen molar-refractivity contribution < 1.29 is 8.42 Å². The standard InChI is InChI=1S/C8H8ClNO2S2/c1-6(4-10)5-14(11,12)8-3-2-7(9)13-8/h2-3,6H,5H2,1H3. The molecule has 1 aromatic rings. The van der Waals surface area contributed by atoms with Gasteiger partial charge in [0.2, 0.25) is 0 Å². The van der Waals surface area contributed by atoms with Crippen molar-refractivity contribution in [1.29, 1.82) is 5.26 Å². The summed E-state index contributed by atoms with van der Waals surface area (Å²) < 4.78 is 23.9. The molecule has 1 unspecified atom stereocenters. The van der Waals surface area contributed by atoms with Crippen LogP contribution in [-0.4, -0.2) is 14.2 Å². The zero-order valence-corrected chi connectivity index (χ0v) is 9.79. The molecule has 3 nitrogen and oxygen atoms in total. The molecule has 0 aliphatic rings. The molecule has 0 aliphatic heterocycles. The van der Waals surface area contributed by atoms with Crippen LogP contribution in [0.4, 0.5) is 0 Å². The van der Waals surface area contributed by atoms with E-state index >= 15 is 0 Å². The van der Waals surface area contributed by atoms with E-state index in [1.165, 1.54) is 12.1 Å². The Kier molecular flexibility index (Phi) is 3.53. The van der Waals surface area contributed by atoms with Gasteiger partial charge in [0.25, 0.3) is 0 Å². The van der Waals surface area contributed by atoms with E-state index in [-0.39, 0.29) is 9.96 Å². The molecule has 0 aliphatic carbocycles. The van der Waals surface area contributed by atoms with Crippen LogP contribution in [0.1, 0.15) is 6.92 Å². The van der Waals surface area contributed by atoms with Crippen molar-refractivity contribution in [3.05, 3.63) is 16.5 Å². The molecule has 0 bridgehead atoms. The highest BCUT2D eigenvalue weighted by Crippen LogP contribution is 2.27. The highest BCUT2D eigenvalue weighted by molar-refractivity contribution is 7.93. The predicted molar refractivity (Wildman–Crippen MR) is 56.2 cm³/mol. The van der Waals surface area contributed by atoms with Gasteiger partial charge in [-0.2, -0.15) is 5.26 Å². The molecular weight excluding hydrogens is 242 g/mol. The third-order valence-electron chi connectivity index (χ3n) is 1.54. The van der Waals surface area contributed by atoms with Crippen molar-refractivity contribution in [3.8, 4) is 6.07 Å². The Labute approximate surface area is 91.9 Å². The minimum atomic E-state index is -3.34. The first-order valence-electron chi connectivity index (χ1n) is 3.83. The molecule has 0 saturated carbocycles. The summed E-state index contributed by atoms with van der Waals surface area (Å²) in [6.45, 7) is 1.58. The Hall–Kier alpha value is -0.570. The van der Waals surface area contributed by atoms with Crippen molar-refractivity contribution in [2.24, 2.45) is 5.92 Å². The van der Waals surface area contributed by atoms with Crippen molar-refractivity contribution in [2.45, 2.75) is 11.1 Å². The second-order valence-electron chi connectivity index (χ2n) is 2.87. The zero-order valence-electron chi connectivity index (χ0n) is 7.40. The Bertz CT molecular complexity index is 458. The van der Waals surface area contributed by atoms with Crippen molar-refractivity contribution in [3.63, 3.8) is 0 Å². The number of sulfone groups is 1. The Balaban J connectivity index is 2.93. The average Bonchev–Trinajstić information content (AvgIpc) is 2.51. The van der Waals surface area contributed by atoms with Crippen LogP contribution in [0.25, 0.3) is 0 Å². The molecule has 0 radical (unpaired) electrons. The van der Waals surface area contributed by atoms with Gasteiger partial charge in [-0.1, -0.05) is 11.6 Å². The van der Waals surface area contributed by atoms with Crippen LogP contribution >= 0.6 is 22.9 Å². The van der Waals surface area contributed by atoms with Crippen LogP contribution in [0.3, 0.4) is 0 Å². The lowest BCUT2D eigenvalue weighted by Gasteiger charge is -2.01. The van der Waals surface area contributed by atoms with Gasteiger partial charge in [0.05, 0.1) is 22.1 Å². The first kappa shape index (κ1) is 11.5. The van der Waals surface area contributed by atoms with Gasteiger partial charge in [-0.05, 0) is 19.1 Å². The van der Waals surface area contributed by atoms with E-state index in [9.17, 15) is 8.42 Å². The monoisotopic (exact) mass is 249 g/mol. The number of thiophene rings is 1. The summed E-state index contributed by atoms with van der Waals surface area (Å²) in [7, 11) is -3.34. The van der Waals surface area contributed by atoms with E-state index in [1.807, 2.05) is 6.07 Å². The number of nitriles is 1. The summed E-state index contributed by atoms with van der Waals surface area (Å²) in [5.74, 6) is -0.652. The first-order chi connectivity index (χ1) is 6.45. The van der Waals surface area contributed by atoms with Gasteiger partial charge < -0.3 is 0 Å². The summed E-state index contributed by atoms with van der Waals surface area (Å²) in [6, 6.07) is 4.89.